The Morgan fingerprint density at radius 1 is 1.21 bits per heavy atom. The van der Waals surface area contributed by atoms with Crippen LogP contribution in [0.5, 0.6) is 11.5 Å². The normalized spacial score (nSPS) is 10.5. The van der Waals surface area contributed by atoms with Gasteiger partial charge in [0.2, 0.25) is 5.91 Å². The number of nitrogens with zero attached hydrogens (tertiary/aromatic N) is 2. The fraction of sp³-hybridized carbons (Fsp3) is 0.167. The van der Waals surface area contributed by atoms with Gasteiger partial charge in [0, 0.05) is 35.8 Å². The zero-order chi connectivity index (χ0) is 20.3. The van der Waals surface area contributed by atoms with Crippen molar-refractivity contribution < 1.29 is 24.2 Å². The van der Waals surface area contributed by atoms with Crippen LogP contribution in [-0.4, -0.2) is 47.3 Å². The van der Waals surface area contributed by atoms with Gasteiger partial charge in [-0.05, 0) is 12.1 Å². The number of nitrogens with one attached hydrogen (secondary N) is 2. The van der Waals surface area contributed by atoms with E-state index in [0.29, 0.717) is 39.1 Å². The topological polar surface area (TPSA) is 114 Å². The van der Waals surface area contributed by atoms with Crippen molar-refractivity contribution in [1.82, 2.24) is 14.7 Å². The van der Waals surface area contributed by atoms with E-state index in [4.69, 9.17) is 26.2 Å². The van der Waals surface area contributed by atoms with E-state index in [0.717, 1.165) is 0 Å². The first kappa shape index (κ1) is 19.3. The van der Waals surface area contributed by atoms with Crippen molar-refractivity contribution in [3.8, 4) is 22.8 Å². The Balaban J connectivity index is 1.90. The number of ether oxygens (including phenoxy) is 2. The Morgan fingerprint density at radius 3 is 2.64 bits per heavy atom. The third kappa shape index (κ3) is 4.09. The summed E-state index contributed by atoms with van der Waals surface area (Å²) in [7, 11) is 3.06. The van der Waals surface area contributed by atoms with Crippen LogP contribution >= 0.6 is 11.6 Å². The number of anilines is 1. The van der Waals surface area contributed by atoms with Crippen molar-refractivity contribution in [1.29, 1.82) is 0 Å². The lowest BCUT2D eigenvalue weighted by molar-refractivity contribution is -0.115. The third-order valence-corrected chi connectivity index (χ3v) is 4.19. The van der Waals surface area contributed by atoms with Crippen molar-refractivity contribution in [2.75, 3.05) is 26.1 Å². The molecule has 3 N–H and O–H groups in total. The van der Waals surface area contributed by atoms with E-state index < -0.39 is 12.0 Å². The summed E-state index contributed by atoms with van der Waals surface area (Å²) in [5.74, 6) is 0.561. The van der Waals surface area contributed by atoms with Crippen molar-refractivity contribution in [2.45, 2.75) is 0 Å². The molecule has 0 atom stereocenters. The predicted molar refractivity (Wildman–Crippen MR) is 103 cm³/mol. The van der Waals surface area contributed by atoms with Gasteiger partial charge in [-0.25, -0.2) is 9.78 Å². The van der Waals surface area contributed by atoms with Crippen molar-refractivity contribution in [3.05, 3.63) is 41.7 Å². The molecule has 0 fully saturated rings. The molecule has 0 radical (unpaired) electrons. The fourth-order valence-electron chi connectivity index (χ4n) is 2.61. The first-order chi connectivity index (χ1) is 13.4. The highest BCUT2D eigenvalue weighted by atomic mass is 35.5. The largest absolute Gasteiger partial charge is 0.496 e. The second-order valence-corrected chi connectivity index (χ2v) is 6.11. The summed E-state index contributed by atoms with van der Waals surface area (Å²) in [6.45, 7) is -0.345. The summed E-state index contributed by atoms with van der Waals surface area (Å²) in [5.41, 5.74) is 2.38. The lowest BCUT2D eigenvalue weighted by Gasteiger charge is -2.10. The highest BCUT2D eigenvalue weighted by Crippen LogP contribution is 2.38. The minimum Gasteiger partial charge on any atom is -0.496 e. The van der Waals surface area contributed by atoms with E-state index in [9.17, 15) is 9.59 Å². The molecule has 0 saturated heterocycles. The molecular formula is C18H17ClN4O5. The number of aromatic nitrogens is 2. The summed E-state index contributed by atoms with van der Waals surface area (Å²) in [6, 6.07) is 6.74. The van der Waals surface area contributed by atoms with Gasteiger partial charge in [0.1, 0.15) is 23.7 Å². The smallest absolute Gasteiger partial charge is 0.405 e. The summed E-state index contributed by atoms with van der Waals surface area (Å²) < 4.78 is 12.4. The third-order valence-electron chi connectivity index (χ3n) is 3.89. The molecule has 10 heteroatoms. The molecular weight excluding hydrogens is 388 g/mol. The molecule has 146 valence electrons. The first-order valence-electron chi connectivity index (χ1n) is 8.08. The number of imidazole rings is 1. The van der Waals surface area contributed by atoms with Gasteiger partial charge >= 0.3 is 6.09 Å². The van der Waals surface area contributed by atoms with Gasteiger partial charge in [-0.15, -0.1) is 0 Å². The molecule has 0 aliphatic carbocycles. The van der Waals surface area contributed by atoms with E-state index in [2.05, 4.69) is 10.3 Å². The van der Waals surface area contributed by atoms with Gasteiger partial charge in [0.25, 0.3) is 0 Å². The highest BCUT2D eigenvalue weighted by molar-refractivity contribution is 6.32. The van der Waals surface area contributed by atoms with Crippen LogP contribution in [-0.2, 0) is 4.79 Å². The van der Waals surface area contributed by atoms with Crippen LogP contribution in [0, 0.1) is 0 Å². The standard InChI is InChI=1S/C18H17ClN4O5/c1-27-14-7-15(28-2)12(19)6-11(14)13-9-23-4-3-10(5-16(23)22-13)21-17(24)8-20-18(25)26/h3-7,9,20H,8H2,1-2H3,(H,21,24)(H,25,26). The monoisotopic (exact) mass is 404 g/mol. The first-order valence-corrected chi connectivity index (χ1v) is 8.46. The quantitative estimate of drug-likeness (QED) is 0.582. The van der Waals surface area contributed by atoms with Gasteiger partial charge in [0.05, 0.1) is 24.9 Å². The Hall–Kier alpha value is -3.46. The number of carbonyl (C=O) groups is 2. The average molecular weight is 405 g/mol. The molecule has 1 aromatic carbocycles. The predicted octanol–water partition coefficient (Wildman–Crippen LogP) is 2.88. The van der Waals surface area contributed by atoms with Crippen LogP contribution in [0.3, 0.4) is 0 Å². The molecule has 0 aliphatic heterocycles. The van der Waals surface area contributed by atoms with Crippen LogP contribution in [0.25, 0.3) is 16.9 Å². The minimum atomic E-state index is -1.27. The van der Waals surface area contributed by atoms with Crippen molar-refractivity contribution in [2.24, 2.45) is 0 Å². The molecule has 3 rings (SSSR count). The SMILES string of the molecule is COc1cc(OC)c(-c2cn3ccc(NC(=O)CNC(=O)O)cc3n2)cc1Cl. The number of carbonyl (C=O) groups excluding carboxylic acids is 1. The molecule has 2 aromatic heterocycles. The minimum absolute atomic E-state index is 0.345. The lowest BCUT2D eigenvalue weighted by atomic mass is 10.1. The molecule has 2 amide bonds. The number of carboxylic acid groups (broad SMARTS) is 1. The maximum absolute atomic E-state index is 11.8. The molecule has 0 saturated carbocycles. The number of rotatable bonds is 6. The molecule has 28 heavy (non-hydrogen) atoms. The van der Waals surface area contributed by atoms with Gasteiger partial charge in [-0.2, -0.15) is 0 Å². The summed E-state index contributed by atoms with van der Waals surface area (Å²) in [5, 5.41) is 13.6. The second kappa shape index (κ2) is 8.05. The zero-order valence-corrected chi connectivity index (χ0v) is 15.8. The summed E-state index contributed by atoms with van der Waals surface area (Å²) in [6.07, 6.45) is 2.26. The maximum Gasteiger partial charge on any atom is 0.405 e. The van der Waals surface area contributed by atoms with E-state index in [1.165, 1.54) is 7.11 Å². The number of pyridine rings is 1. The Morgan fingerprint density at radius 2 is 1.96 bits per heavy atom. The highest BCUT2D eigenvalue weighted by Gasteiger charge is 2.15. The fourth-order valence-corrected chi connectivity index (χ4v) is 2.85. The maximum atomic E-state index is 11.8. The Bertz CT molecular complexity index is 1050. The van der Waals surface area contributed by atoms with Gasteiger partial charge in [0.15, 0.2) is 0 Å². The van der Waals surface area contributed by atoms with Crippen LogP contribution in [0.4, 0.5) is 10.5 Å². The molecule has 3 aromatic rings. The van der Waals surface area contributed by atoms with Crippen LogP contribution in [0.1, 0.15) is 0 Å². The van der Waals surface area contributed by atoms with Crippen molar-refractivity contribution in [3.63, 3.8) is 0 Å². The lowest BCUT2D eigenvalue weighted by Crippen LogP contribution is -2.31. The van der Waals surface area contributed by atoms with E-state index >= 15 is 0 Å². The summed E-state index contributed by atoms with van der Waals surface area (Å²) in [4.78, 5) is 26.8. The second-order valence-electron chi connectivity index (χ2n) is 5.70. The number of methoxy groups -OCH3 is 2. The van der Waals surface area contributed by atoms with Crippen LogP contribution in [0.2, 0.25) is 5.02 Å². The molecule has 9 nitrogen and oxygen atoms in total. The summed E-state index contributed by atoms with van der Waals surface area (Å²) >= 11 is 6.23. The Kier molecular flexibility index (Phi) is 5.55. The van der Waals surface area contributed by atoms with E-state index in [1.807, 2.05) is 5.32 Å². The van der Waals surface area contributed by atoms with Gasteiger partial charge < -0.3 is 29.6 Å². The number of hydrogen-bond donors (Lipinski definition) is 3. The molecule has 2 heterocycles. The molecule has 0 aliphatic rings. The molecule has 0 unspecified atom stereocenters. The number of benzene rings is 1. The average Bonchev–Trinajstić information content (AvgIpc) is 3.09. The number of halogens is 1. The number of hydrogen-bond acceptors (Lipinski definition) is 5. The van der Waals surface area contributed by atoms with Crippen molar-refractivity contribution >= 4 is 34.9 Å². The van der Waals surface area contributed by atoms with Gasteiger partial charge in [-0.3, -0.25) is 4.79 Å². The molecule has 0 bridgehead atoms. The van der Waals surface area contributed by atoms with E-state index in [-0.39, 0.29) is 6.54 Å². The van der Waals surface area contributed by atoms with Gasteiger partial charge in [-0.1, -0.05) is 11.6 Å². The molecule has 0 spiro atoms. The van der Waals surface area contributed by atoms with Crippen LogP contribution < -0.4 is 20.1 Å². The van der Waals surface area contributed by atoms with Crippen LogP contribution in [0.15, 0.2) is 36.7 Å². The number of amides is 2. The Labute approximate surface area is 164 Å². The zero-order valence-electron chi connectivity index (χ0n) is 15.0. The number of fused-ring (bicyclic) bond motifs is 1. The van der Waals surface area contributed by atoms with E-state index in [1.54, 1.807) is 48.2 Å².